The van der Waals surface area contributed by atoms with E-state index >= 15 is 0 Å². The van der Waals surface area contributed by atoms with Gasteiger partial charge in [0.2, 0.25) is 0 Å². The molecule has 0 radical (unpaired) electrons. The average molecular weight is 297 g/mol. The van der Waals surface area contributed by atoms with Gasteiger partial charge in [0.15, 0.2) is 0 Å². The summed E-state index contributed by atoms with van der Waals surface area (Å²) in [5.74, 6) is -0.579. The maximum absolute atomic E-state index is 11.9. The summed E-state index contributed by atoms with van der Waals surface area (Å²) in [7, 11) is 0. The molecule has 0 aromatic carbocycles. The minimum absolute atomic E-state index is 0.169. The van der Waals surface area contributed by atoms with Gasteiger partial charge in [0, 0.05) is 32.0 Å². The molecule has 1 saturated carbocycles. The molecule has 6 nitrogen and oxygen atoms in total. The van der Waals surface area contributed by atoms with Crippen LogP contribution in [0.5, 0.6) is 0 Å². The summed E-state index contributed by atoms with van der Waals surface area (Å²) in [4.78, 5) is 25.1. The fourth-order valence-electron chi connectivity index (χ4n) is 3.10. The number of ether oxygens (including phenoxy) is 3. The minimum atomic E-state index is -0.348. The highest BCUT2D eigenvalue weighted by Gasteiger charge is 2.50. The standard InChI is InChI=1S/C15H23NO5/c1-4-19-11-9-10(16-12(17)7-8-13(16)18)14(20-5-2)15(11)21-6-3/h7-8,10-11,14-15H,4-6,9H2,1-3H3/t10-,11?,14-,15-/m0/s1. The average Bonchev–Trinajstić information content (AvgIpc) is 2.94. The monoisotopic (exact) mass is 297 g/mol. The summed E-state index contributed by atoms with van der Waals surface area (Å²) in [6.45, 7) is 7.30. The Hall–Kier alpha value is -1.24. The lowest BCUT2D eigenvalue weighted by atomic mass is 10.1. The van der Waals surface area contributed by atoms with Gasteiger partial charge in [0.05, 0.1) is 12.1 Å². The van der Waals surface area contributed by atoms with Crippen LogP contribution in [0.25, 0.3) is 0 Å². The Bertz CT molecular complexity index is 404. The third kappa shape index (κ3) is 3.17. The number of nitrogens with zero attached hydrogens (tertiary/aromatic N) is 1. The van der Waals surface area contributed by atoms with Crippen LogP contribution in [0, 0.1) is 0 Å². The molecule has 1 fully saturated rings. The highest BCUT2D eigenvalue weighted by atomic mass is 16.6. The number of carbonyl (C=O) groups is 2. The first-order valence-corrected chi connectivity index (χ1v) is 7.54. The van der Waals surface area contributed by atoms with E-state index in [9.17, 15) is 9.59 Å². The molecule has 1 aliphatic carbocycles. The first-order valence-electron chi connectivity index (χ1n) is 7.54. The van der Waals surface area contributed by atoms with Crippen molar-refractivity contribution in [1.82, 2.24) is 4.90 Å². The lowest BCUT2D eigenvalue weighted by Gasteiger charge is -2.30. The Morgan fingerprint density at radius 3 is 2.00 bits per heavy atom. The van der Waals surface area contributed by atoms with E-state index in [1.807, 2.05) is 20.8 Å². The normalized spacial score (nSPS) is 32.4. The van der Waals surface area contributed by atoms with E-state index in [1.165, 1.54) is 17.1 Å². The number of hydrogen-bond acceptors (Lipinski definition) is 5. The predicted molar refractivity (Wildman–Crippen MR) is 75.6 cm³/mol. The summed E-state index contributed by atoms with van der Waals surface area (Å²) in [5, 5.41) is 0. The Balaban J connectivity index is 2.22. The third-order valence-electron chi connectivity index (χ3n) is 3.82. The minimum Gasteiger partial charge on any atom is -0.376 e. The van der Waals surface area contributed by atoms with Crippen molar-refractivity contribution in [3.63, 3.8) is 0 Å². The van der Waals surface area contributed by atoms with Crippen LogP contribution < -0.4 is 0 Å². The van der Waals surface area contributed by atoms with Crippen molar-refractivity contribution in [1.29, 1.82) is 0 Å². The van der Waals surface area contributed by atoms with Crippen molar-refractivity contribution in [2.24, 2.45) is 0 Å². The lowest BCUT2D eigenvalue weighted by Crippen LogP contribution is -2.48. The lowest BCUT2D eigenvalue weighted by molar-refractivity contribution is -0.146. The van der Waals surface area contributed by atoms with E-state index in [0.717, 1.165) is 0 Å². The molecule has 118 valence electrons. The zero-order valence-corrected chi connectivity index (χ0v) is 12.8. The van der Waals surface area contributed by atoms with Crippen molar-refractivity contribution in [3.05, 3.63) is 12.2 Å². The van der Waals surface area contributed by atoms with Gasteiger partial charge in [-0.25, -0.2) is 0 Å². The summed E-state index contributed by atoms with van der Waals surface area (Å²) in [6, 6.07) is -0.340. The summed E-state index contributed by atoms with van der Waals surface area (Å²) < 4.78 is 17.3. The topological polar surface area (TPSA) is 65.1 Å². The molecule has 21 heavy (non-hydrogen) atoms. The largest absolute Gasteiger partial charge is 0.376 e. The van der Waals surface area contributed by atoms with E-state index < -0.39 is 0 Å². The Morgan fingerprint density at radius 2 is 1.48 bits per heavy atom. The van der Waals surface area contributed by atoms with Crippen LogP contribution in [0.4, 0.5) is 0 Å². The van der Waals surface area contributed by atoms with Crippen molar-refractivity contribution in [3.8, 4) is 0 Å². The molecule has 2 amide bonds. The zero-order chi connectivity index (χ0) is 15.4. The van der Waals surface area contributed by atoms with Crippen molar-refractivity contribution < 1.29 is 23.8 Å². The maximum Gasteiger partial charge on any atom is 0.253 e. The second-order valence-electron chi connectivity index (χ2n) is 5.02. The summed E-state index contributed by atoms with van der Waals surface area (Å²) in [6.07, 6.45) is 2.37. The van der Waals surface area contributed by atoms with Gasteiger partial charge in [-0.1, -0.05) is 0 Å². The first kappa shape index (κ1) is 16.1. The molecule has 6 heteroatoms. The van der Waals surface area contributed by atoms with Crippen LogP contribution in [-0.2, 0) is 23.8 Å². The number of hydrogen-bond donors (Lipinski definition) is 0. The van der Waals surface area contributed by atoms with E-state index in [1.54, 1.807) is 0 Å². The molecule has 0 aromatic heterocycles. The van der Waals surface area contributed by atoms with Crippen LogP contribution in [0.2, 0.25) is 0 Å². The van der Waals surface area contributed by atoms with Gasteiger partial charge in [-0.2, -0.15) is 0 Å². The van der Waals surface area contributed by atoms with Gasteiger partial charge in [0.25, 0.3) is 11.8 Å². The molecular weight excluding hydrogens is 274 g/mol. The van der Waals surface area contributed by atoms with Gasteiger partial charge in [-0.15, -0.1) is 0 Å². The fraction of sp³-hybridized carbons (Fsp3) is 0.733. The molecular formula is C15H23NO5. The van der Waals surface area contributed by atoms with E-state index in [4.69, 9.17) is 14.2 Å². The quantitative estimate of drug-likeness (QED) is 0.653. The van der Waals surface area contributed by atoms with E-state index in [-0.39, 0.29) is 36.2 Å². The molecule has 1 unspecified atom stereocenters. The van der Waals surface area contributed by atoms with E-state index in [2.05, 4.69) is 0 Å². The van der Waals surface area contributed by atoms with Crippen LogP contribution in [0.3, 0.4) is 0 Å². The fourth-order valence-corrected chi connectivity index (χ4v) is 3.10. The molecule has 0 saturated heterocycles. The Morgan fingerprint density at radius 1 is 0.952 bits per heavy atom. The van der Waals surface area contributed by atoms with Gasteiger partial charge < -0.3 is 14.2 Å². The number of imide groups is 1. The van der Waals surface area contributed by atoms with Crippen molar-refractivity contribution in [2.45, 2.75) is 51.5 Å². The van der Waals surface area contributed by atoms with Gasteiger partial charge in [-0.05, 0) is 27.2 Å². The second-order valence-corrected chi connectivity index (χ2v) is 5.02. The van der Waals surface area contributed by atoms with Gasteiger partial charge >= 0.3 is 0 Å². The first-order chi connectivity index (χ1) is 10.1. The number of carbonyl (C=O) groups excluding carboxylic acids is 2. The second kappa shape index (κ2) is 7.15. The van der Waals surface area contributed by atoms with Gasteiger partial charge in [-0.3, -0.25) is 14.5 Å². The predicted octanol–water partition coefficient (Wildman–Crippen LogP) is 0.899. The zero-order valence-electron chi connectivity index (χ0n) is 12.8. The van der Waals surface area contributed by atoms with Crippen LogP contribution in [0.15, 0.2) is 12.2 Å². The van der Waals surface area contributed by atoms with Crippen molar-refractivity contribution in [2.75, 3.05) is 19.8 Å². The Labute approximate surface area is 125 Å². The molecule has 0 N–H and O–H groups in total. The molecule has 4 atom stereocenters. The van der Waals surface area contributed by atoms with Crippen LogP contribution in [0.1, 0.15) is 27.2 Å². The molecule has 0 aromatic rings. The summed E-state index contributed by atoms with van der Waals surface area (Å²) in [5.41, 5.74) is 0. The highest BCUT2D eigenvalue weighted by molar-refractivity contribution is 6.13. The Kier molecular flexibility index (Phi) is 5.50. The van der Waals surface area contributed by atoms with Crippen molar-refractivity contribution >= 4 is 11.8 Å². The summed E-state index contributed by atoms with van der Waals surface area (Å²) >= 11 is 0. The highest BCUT2D eigenvalue weighted by Crippen LogP contribution is 2.33. The molecule has 2 rings (SSSR count). The van der Waals surface area contributed by atoms with Gasteiger partial charge in [0.1, 0.15) is 12.2 Å². The molecule has 1 heterocycles. The maximum atomic E-state index is 11.9. The number of rotatable bonds is 7. The van der Waals surface area contributed by atoms with Crippen LogP contribution >= 0.6 is 0 Å². The number of amides is 2. The third-order valence-corrected chi connectivity index (χ3v) is 3.82. The van der Waals surface area contributed by atoms with E-state index in [0.29, 0.717) is 26.2 Å². The molecule has 0 bridgehead atoms. The van der Waals surface area contributed by atoms with Crippen LogP contribution in [-0.4, -0.2) is 60.9 Å². The molecule has 1 aliphatic heterocycles. The smallest absolute Gasteiger partial charge is 0.253 e. The SMILES string of the molecule is CCOC1C[C@H](N2C(=O)C=CC2=O)[C@H](OCC)[C@H]1OCC. The molecule has 2 aliphatic rings. The molecule has 0 spiro atoms.